The quantitative estimate of drug-likeness (QED) is 0.770. The van der Waals surface area contributed by atoms with Crippen molar-refractivity contribution in [2.24, 2.45) is 0 Å². The Hall–Kier alpha value is -1.83. The number of esters is 1. The lowest BCUT2D eigenvalue weighted by Gasteiger charge is -2.01. The molecule has 1 N–H and O–H groups in total. The van der Waals surface area contributed by atoms with Gasteiger partial charge in [0.1, 0.15) is 22.8 Å². The molecule has 1 rings (SSSR count). The molecular formula is C11H14O7S. The molecule has 1 heterocycles. The van der Waals surface area contributed by atoms with E-state index in [1.807, 2.05) is 0 Å². The standard InChI is InChI=1S/C11H14O7S/c1-7-9(11(13)14)5-8(18-7)6-19(15,16)4-3-10(12)17-2/h5H,3-4,6H2,1-2H3,(H,13,14). The van der Waals surface area contributed by atoms with E-state index in [4.69, 9.17) is 9.52 Å². The van der Waals surface area contributed by atoms with Gasteiger partial charge in [-0.3, -0.25) is 4.79 Å². The smallest absolute Gasteiger partial charge is 0.339 e. The van der Waals surface area contributed by atoms with Crippen molar-refractivity contribution >= 4 is 21.8 Å². The maximum Gasteiger partial charge on any atom is 0.339 e. The summed E-state index contributed by atoms with van der Waals surface area (Å²) in [6.07, 6.45) is -0.246. The highest BCUT2D eigenvalue weighted by Crippen LogP contribution is 2.17. The van der Waals surface area contributed by atoms with E-state index in [0.29, 0.717) is 0 Å². The SMILES string of the molecule is COC(=O)CCS(=O)(=O)Cc1cc(C(=O)O)c(C)o1. The van der Waals surface area contributed by atoms with Gasteiger partial charge < -0.3 is 14.3 Å². The van der Waals surface area contributed by atoms with Crippen LogP contribution in [0.3, 0.4) is 0 Å². The van der Waals surface area contributed by atoms with Gasteiger partial charge in [0, 0.05) is 0 Å². The van der Waals surface area contributed by atoms with Gasteiger partial charge in [0.25, 0.3) is 0 Å². The van der Waals surface area contributed by atoms with Crippen molar-refractivity contribution in [2.45, 2.75) is 19.1 Å². The van der Waals surface area contributed by atoms with E-state index < -0.39 is 27.5 Å². The molecule has 0 bridgehead atoms. The summed E-state index contributed by atoms with van der Waals surface area (Å²) >= 11 is 0. The van der Waals surface area contributed by atoms with Crippen molar-refractivity contribution in [1.82, 2.24) is 0 Å². The zero-order valence-electron chi connectivity index (χ0n) is 10.5. The van der Waals surface area contributed by atoms with Crippen molar-refractivity contribution < 1.29 is 32.3 Å². The largest absolute Gasteiger partial charge is 0.478 e. The van der Waals surface area contributed by atoms with Gasteiger partial charge in [0.05, 0.1) is 19.3 Å². The van der Waals surface area contributed by atoms with E-state index in [9.17, 15) is 18.0 Å². The number of rotatable bonds is 6. The number of carboxylic acids is 1. The Kier molecular flexibility index (Phi) is 4.71. The maximum absolute atomic E-state index is 11.7. The molecule has 0 spiro atoms. The summed E-state index contributed by atoms with van der Waals surface area (Å²) in [6.45, 7) is 1.44. The first-order valence-electron chi connectivity index (χ1n) is 5.35. The molecule has 19 heavy (non-hydrogen) atoms. The predicted octanol–water partition coefficient (Wildman–Crippen LogP) is 0.764. The van der Waals surface area contributed by atoms with Crippen molar-refractivity contribution in [2.75, 3.05) is 12.9 Å². The Morgan fingerprint density at radius 2 is 2.05 bits per heavy atom. The number of carbonyl (C=O) groups is 2. The van der Waals surface area contributed by atoms with Gasteiger partial charge in [-0.25, -0.2) is 13.2 Å². The molecule has 0 radical (unpaired) electrons. The number of hydrogen-bond donors (Lipinski definition) is 1. The molecule has 0 aliphatic heterocycles. The van der Waals surface area contributed by atoms with Crippen LogP contribution in [-0.4, -0.2) is 38.3 Å². The Morgan fingerprint density at radius 1 is 1.42 bits per heavy atom. The van der Waals surface area contributed by atoms with Crippen LogP contribution in [0.2, 0.25) is 0 Å². The minimum Gasteiger partial charge on any atom is -0.478 e. The number of aromatic carboxylic acids is 1. The molecule has 0 unspecified atom stereocenters. The van der Waals surface area contributed by atoms with E-state index in [1.54, 1.807) is 0 Å². The first-order valence-corrected chi connectivity index (χ1v) is 7.17. The molecule has 7 nitrogen and oxygen atoms in total. The van der Waals surface area contributed by atoms with Crippen molar-refractivity contribution in [3.63, 3.8) is 0 Å². The second-order valence-corrected chi connectivity index (χ2v) is 6.09. The molecule has 0 amide bonds. The summed E-state index contributed by atoms with van der Waals surface area (Å²) in [5, 5.41) is 8.81. The van der Waals surface area contributed by atoms with Crippen LogP contribution in [0.15, 0.2) is 10.5 Å². The highest BCUT2D eigenvalue weighted by Gasteiger charge is 2.20. The Bertz CT molecular complexity index is 582. The molecule has 0 aromatic carbocycles. The van der Waals surface area contributed by atoms with Crippen molar-refractivity contribution in [3.8, 4) is 0 Å². The molecular weight excluding hydrogens is 276 g/mol. The highest BCUT2D eigenvalue weighted by atomic mass is 32.2. The summed E-state index contributed by atoms with van der Waals surface area (Å²) in [7, 11) is -2.39. The van der Waals surface area contributed by atoms with Gasteiger partial charge in [-0.15, -0.1) is 0 Å². The molecule has 0 aliphatic carbocycles. The number of ether oxygens (including phenoxy) is 1. The van der Waals surface area contributed by atoms with Crippen LogP contribution in [0, 0.1) is 6.92 Å². The third kappa shape index (κ3) is 4.40. The zero-order chi connectivity index (χ0) is 14.6. The Labute approximate surface area is 110 Å². The van der Waals surface area contributed by atoms with E-state index in [1.165, 1.54) is 20.1 Å². The normalized spacial score (nSPS) is 11.3. The first-order chi connectivity index (χ1) is 8.75. The first kappa shape index (κ1) is 15.2. The number of carboxylic acid groups (broad SMARTS) is 1. The van der Waals surface area contributed by atoms with Crippen molar-refractivity contribution in [3.05, 3.63) is 23.2 Å². The van der Waals surface area contributed by atoms with Crippen LogP contribution in [0.25, 0.3) is 0 Å². The monoisotopic (exact) mass is 290 g/mol. The topological polar surface area (TPSA) is 111 Å². The average molecular weight is 290 g/mol. The Morgan fingerprint density at radius 3 is 2.53 bits per heavy atom. The van der Waals surface area contributed by atoms with Crippen LogP contribution >= 0.6 is 0 Å². The van der Waals surface area contributed by atoms with Crippen LogP contribution < -0.4 is 0 Å². The second-order valence-electron chi connectivity index (χ2n) is 3.91. The molecule has 1 aromatic rings. The van der Waals surface area contributed by atoms with Crippen LogP contribution in [0.1, 0.15) is 28.3 Å². The summed E-state index contributed by atoms with van der Waals surface area (Å²) in [6, 6.07) is 1.17. The summed E-state index contributed by atoms with van der Waals surface area (Å²) in [5.74, 6) is -2.43. The number of sulfone groups is 1. The van der Waals surface area contributed by atoms with Gasteiger partial charge >= 0.3 is 11.9 Å². The van der Waals surface area contributed by atoms with E-state index in [2.05, 4.69) is 4.74 Å². The molecule has 0 saturated heterocycles. The average Bonchev–Trinajstić information content (AvgIpc) is 2.66. The number of hydrogen-bond acceptors (Lipinski definition) is 6. The second kappa shape index (κ2) is 5.87. The number of carbonyl (C=O) groups excluding carboxylic acids is 1. The summed E-state index contributed by atoms with van der Waals surface area (Å²) in [4.78, 5) is 21.7. The van der Waals surface area contributed by atoms with E-state index in [-0.39, 0.29) is 29.3 Å². The molecule has 106 valence electrons. The van der Waals surface area contributed by atoms with Gasteiger partial charge in [-0.05, 0) is 13.0 Å². The lowest BCUT2D eigenvalue weighted by atomic mass is 10.2. The van der Waals surface area contributed by atoms with Gasteiger partial charge in [0.15, 0.2) is 9.84 Å². The molecule has 1 aromatic heterocycles. The minimum atomic E-state index is -3.56. The lowest BCUT2D eigenvalue weighted by Crippen LogP contribution is -2.13. The zero-order valence-corrected chi connectivity index (χ0v) is 11.3. The minimum absolute atomic E-state index is 0.0414. The molecule has 0 saturated carbocycles. The van der Waals surface area contributed by atoms with Crippen LogP contribution in [0.5, 0.6) is 0 Å². The Balaban J connectivity index is 2.76. The van der Waals surface area contributed by atoms with Gasteiger partial charge in [0.2, 0.25) is 0 Å². The third-order valence-corrected chi connectivity index (χ3v) is 3.96. The maximum atomic E-state index is 11.7. The number of aryl methyl sites for hydroxylation is 1. The third-order valence-electron chi connectivity index (χ3n) is 2.41. The lowest BCUT2D eigenvalue weighted by molar-refractivity contribution is -0.140. The highest BCUT2D eigenvalue weighted by molar-refractivity contribution is 7.90. The fraction of sp³-hybridized carbons (Fsp3) is 0.455. The molecule has 0 atom stereocenters. The molecule has 0 aliphatic rings. The number of furan rings is 1. The van der Waals surface area contributed by atoms with Gasteiger partial charge in [-0.1, -0.05) is 0 Å². The summed E-state index contributed by atoms with van der Waals surface area (Å²) in [5.41, 5.74) is -0.0711. The molecule has 8 heteroatoms. The fourth-order valence-corrected chi connectivity index (χ4v) is 2.65. The predicted molar refractivity (Wildman–Crippen MR) is 64.5 cm³/mol. The van der Waals surface area contributed by atoms with Crippen LogP contribution in [0.4, 0.5) is 0 Å². The number of methoxy groups -OCH3 is 1. The van der Waals surface area contributed by atoms with Crippen molar-refractivity contribution in [1.29, 1.82) is 0 Å². The summed E-state index contributed by atoms with van der Waals surface area (Å²) < 4.78 is 32.8. The fourth-order valence-electron chi connectivity index (χ4n) is 1.46. The van der Waals surface area contributed by atoms with Gasteiger partial charge in [-0.2, -0.15) is 0 Å². The van der Waals surface area contributed by atoms with Crippen LogP contribution in [-0.2, 0) is 25.1 Å². The molecule has 0 fully saturated rings. The van der Waals surface area contributed by atoms with E-state index >= 15 is 0 Å². The van der Waals surface area contributed by atoms with E-state index in [0.717, 1.165) is 0 Å².